The van der Waals surface area contributed by atoms with Crippen molar-refractivity contribution >= 4 is 11.7 Å². The zero-order chi connectivity index (χ0) is 23.7. The monoisotopic (exact) mass is 453 g/mol. The summed E-state index contributed by atoms with van der Waals surface area (Å²) in [5, 5.41) is 0. The van der Waals surface area contributed by atoms with E-state index in [1.165, 1.54) is 11.1 Å². The third kappa shape index (κ3) is 3.62. The summed E-state index contributed by atoms with van der Waals surface area (Å²) in [4.78, 5) is 28.8. The van der Waals surface area contributed by atoms with Crippen LogP contribution in [-0.4, -0.2) is 36.8 Å². The van der Waals surface area contributed by atoms with E-state index in [0.717, 1.165) is 17.7 Å². The van der Waals surface area contributed by atoms with E-state index in [-0.39, 0.29) is 34.9 Å². The number of fused-ring (bicyclic) bond motifs is 1. The van der Waals surface area contributed by atoms with Gasteiger partial charge in [0.1, 0.15) is 11.5 Å². The molecular formula is C30H31NO3. The average Bonchev–Trinajstić information content (AvgIpc) is 3.36. The number of carbonyl (C=O) groups is 2. The second-order valence-corrected chi connectivity index (χ2v) is 9.59. The van der Waals surface area contributed by atoms with Crippen molar-refractivity contribution in [1.82, 2.24) is 4.90 Å². The molecule has 2 fully saturated rings. The van der Waals surface area contributed by atoms with Crippen molar-refractivity contribution in [2.75, 3.05) is 20.2 Å². The minimum Gasteiger partial charge on any atom is -0.496 e. The van der Waals surface area contributed by atoms with Gasteiger partial charge in [0.15, 0.2) is 0 Å². The zero-order valence-electron chi connectivity index (χ0n) is 19.8. The molecule has 3 unspecified atom stereocenters. The molecule has 0 radical (unpaired) electrons. The van der Waals surface area contributed by atoms with Crippen LogP contribution < -0.4 is 4.74 Å². The molecule has 2 aliphatic rings. The Bertz CT molecular complexity index is 1130. The van der Waals surface area contributed by atoms with E-state index in [4.69, 9.17) is 4.74 Å². The molecule has 4 nitrogen and oxygen atoms in total. The molecule has 0 spiro atoms. The number of likely N-dealkylation sites (tertiary alicyclic amines) is 1. The lowest BCUT2D eigenvalue weighted by atomic mass is 9.56. The fourth-order valence-electron chi connectivity index (χ4n) is 6.29. The molecule has 1 saturated heterocycles. The van der Waals surface area contributed by atoms with Crippen LogP contribution in [0.3, 0.4) is 0 Å². The van der Waals surface area contributed by atoms with Gasteiger partial charge in [-0.3, -0.25) is 9.59 Å². The molecule has 5 rings (SSSR count). The number of Topliss-reactive ketones (excluding diaryl/α,β-unsaturated/α-hetero) is 1. The van der Waals surface area contributed by atoms with E-state index >= 15 is 0 Å². The molecule has 0 N–H and O–H groups in total. The summed E-state index contributed by atoms with van der Waals surface area (Å²) in [6, 6.07) is 28.8. The number of hydrogen-bond donors (Lipinski definition) is 0. The Morgan fingerprint density at radius 2 is 1.50 bits per heavy atom. The molecule has 1 aliphatic heterocycles. The molecule has 174 valence electrons. The van der Waals surface area contributed by atoms with Gasteiger partial charge in [-0.1, -0.05) is 78.9 Å². The van der Waals surface area contributed by atoms with Crippen LogP contribution in [0.2, 0.25) is 0 Å². The SMILES string of the molecule is COc1ccccc1C(C)C(=O)N1CC2C(=O)CCC(c3ccccc3)(c3ccccc3)C2C1. The molecule has 3 atom stereocenters. The lowest BCUT2D eigenvalue weighted by molar-refractivity contribution is -0.131. The fraction of sp³-hybridized carbons (Fsp3) is 0.333. The van der Waals surface area contributed by atoms with Crippen molar-refractivity contribution < 1.29 is 14.3 Å². The summed E-state index contributed by atoms with van der Waals surface area (Å²) < 4.78 is 5.51. The van der Waals surface area contributed by atoms with Gasteiger partial charge in [0, 0.05) is 42.3 Å². The maximum Gasteiger partial charge on any atom is 0.230 e. The highest BCUT2D eigenvalue weighted by Gasteiger charge is 2.55. The van der Waals surface area contributed by atoms with Gasteiger partial charge in [-0.15, -0.1) is 0 Å². The number of amides is 1. The van der Waals surface area contributed by atoms with Gasteiger partial charge in [0.2, 0.25) is 5.91 Å². The molecular weight excluding hydrogens is 422 g/mol. The van der Waals surface area contributed by atoms with Crippen LogP contribution in [0.1, 0.15) is 42.4 Å². The Hall–Kier alpha value is -3.40. The maximum absolute atomic E-state index is 13.7. The predicted molar refractivity (Wildman–Crippen MR) is 133 cm³/mol. The molecule has 1 aliphatic carbocycles. The minimum absolute atomic E-state index is 0.0485. The quantitative estimate of drug-likeness (QED) is 0.532. The minimum atomic E-state index is -0.339. The highest BCUT2D eigenvalue weighted by atomic mass is 16.5. The van der Waals surface area contributed by atoms with E-state index in [2.05, 4.69) is 48.5 Å². The third-order valence-electron chi connectivity index (χ3n) is 8.00. The molecule has 1 amide bonds. The summed E-state index contributed by atoms with van der Waals surface area (Å²) in [5.41, 5.74) is 3.06. The smallest absolute Gasteiger partial charge is 0.230 e. The number of rotatable bonds is 5. The molecule has 4 heteroatoms. The van der Waals surface area contributed by atoms with Gasteiger partial charge < -0.3 is 9.64 Å². The predicted octanol–water partition coefficient (Wildman–Crippen LogP) is 5.22. The van der Waals surface area contributed by atoms with Crippen molar-refractivity contribution in [3.63, 3.8) is 0 Å². The van der Waals surface area contributed by atoms with Crippen molar-refractivity contribution in [2.45, 2.75) is 31.1 Å². The van der Waals surface area contributed by atoms with Gasteiger partial charge in [0.05, 0.1) is 13.0 Å². The molecule has 3 aromatic rings. The van der Waals surface area contributed by atoms with Crippen molar-refractivity contribution in [3.05, 3.63) is 102 Å². The van der Waals surface area contributed by atoms with E-state index in [1.54, 1.807) is 7.11 Å². The van der Waals surface area contributed by atoms with Crippen LogP contribution in [0.25, 0.3) is 0 Å². The normalized spacial score (nSPS) is 22.2. The first-order valence-corrected chi connectivity index (χ1v) is 12.1. The number of benzene rings is 3. The lowest BCUT2D eigenvalue weighted by Gasteiger charge is -2.45. The number of para-hydroxylation sites is 1. The van der Waals surface area contributed by atoms with Crippen molar-refractivity contribution in [1.29, 1.82) is 0 Å². The Morgan fingerprint density at radius 3 is 2.12 bits per heavy atom. The van der Waals surface area contributed by atoms with Crippen LogP contribution in [0, 0.1) is 11.8 Å². The Morgan fingerprint density at radius 1 is 0.912 bits per heavy atom. The zero-order valence-corrected chi connectivity index (χ0v) is 19.8. The summed E-state index contributed by atoms with van der Waals surface area (Å²) in [7, 11) is 1.63. The Kier molecular flexibility index (Phi) is 5.99. The summed E-state index contributed by atoms with van der Waals surface area (Å²) in [5.74, 6) is 0.623. The van der Waals surface area contributed by atoms with Crippen molar-refractivity contribution in [2.24, 2.45) is 11.8 Å². The van der Waals surface area contributed by atoms with Crippen LogP contribution >= 0.6 is 0 Å². The highest BCUT2D eigenvalue weighted by Crippen LogP contribution is 2.52. The van der Waals surface area contributed by atoms with Crippen molar-refractivity contribution in [3.8, 4) is 5.75 Å². The van der Waals surface area contributed by atoms with Gasteiger partial charge in [0.25, 0.3) is 0 Å². The average molecular weight is 454 g/mol. The summed E-state index contributed by atoms with van der Waals surface area (Å²) in [6.07, 6.45) is 1.31. The number of ketones is 1. The number of hydrogen-bond acceptors (Lipinski definition) is 3. The maximum atomic E-state index is 13.7. The number of carbonyl (C=O) groups excluding carboxylic acids is 2. The van der Waals surface area contributed by atoms with E-state index in [1.807, 2.05) is 48.2 Å². The first-order valence-electron chi connectivity index (χ1n) is 12.1. The summed E-state index contributed by atoms with van der Waals surface area (Å²) in [6.45, 7) is 3.01. The van der Waals surface area contributed by atoms with Crippen LogP contribution in [-0.2, 0) is 15.0 Å². The Balaban J connectivity index is 1.53. The van der Waals surface area contributed by atoms with Crippen LogP contribution in [0.5, 0.6) is 5.75 Å². The van der Waals surface area contributed by atoms with E-state index in [9.17, 15) is 9.59 Å². The van der Waals surface area contributed by atoms with Gasteiger partial charge in [-0.2, -0.15) is 0 Å². The standard InChI is InChI=1S/C30H31NO3/c1-21(24-15-9-10-16-28(24)34-2)29(33)31-19-25-26(20-31)30(18-17-27(25)32,22-11-5-3-6-12-22)23-13-7-4-8-14-23/h3-16,21,25-26H,17-20H2,1-2H3. The lowest BCUT2D eigenvalue weighted by Crippen LogP contribution is -2.47. The first kappa shape index (κ1) is 22.4. The second kappa shape index (κ2) is 9.09. The molecule has 1 heterocycles. The molecule has 0 bridgehead atoms. The summed E-state index contributed by atoms with van der Waals surface area (Å²) >= 11 is 0. The third-order valence-corrected chi connectivity index (χ3v) is 8.00. The van der Waals surface area contributed by atoms with Crippen LogP contribution in [0.15, 0.2) is 84.9 Å². The van der Waals surface area contributed by atoms with Crippen LogP contribution in [0.4, 0.5) is 0 Å². The van der Waals surface area contributed by atoms with E-state index < -0.39 is 0 Å². The van der Waals surface area contributed by atoms with E-state index in [0.29, 0.717) is 19.5 Å². The topological polar surface area (TPSA) is 46.6 Å². The number of methoxy groups -OCH3 is 1. The van der Waals surface area contributed by atoms with Gasteiger partial charge in [-0.25, -0.2) is 0 Å². The van der Waals surface area contributed by atoms with Gasteiger partial charge in [-0.05, 0) is 30.5 Å². The fourth-order valence-corrected chi connectivity index (χ4v) is 6.29. The highest BCUT2D eigenvalue weighted by molar-refractivity contribution is 5.88. The second-order valence-electron chi connectivity index (χ2n) is 9.59. The molecule has 3 aromatic carbocycles. The Labute approximate surface area is 201 Å². The first-order chi connectivity index (χ1) is 16.6. The van der Waals surface area contributed by atoms with Gasteiger partial charge >= 0.3 is 0 Å². The number of nitrogens with zero attached hydrogens (tertiary/aromatic N) is 1. The molecule has 1 saturated carbocycles. The molecule has 0 aromatic heterocycles. The number of ether oxygens (including phenoxy) is 1. The molecule has 34 heavy (non-hydrogen) atoms. The largest absolute Gasteiger partial charge is 0.496 e.